The van der Waals surface area contributed by atoms with Crippen molar-refractivity contribution >= 4 is 21.8 Å². The molecule has 5 heteroatoms. The predicted molar refractivity (Wildman–Crippen MR) is 76.1 cm³/mol. The second-order valence-electron chi connectivity index (χ2n) is 4.43. The van der Waals surface area contributed by atoms with Gasteiger partial charge < -0.3 is 5.73 Å². The number of benzene rings is 1. The molecule has 0 aliphatic heterocycles. The molecule has 3 nitrogen and oxygen atoms in total. The maximum atomic E-state index is 13.1. The molecule has 0 aliphatic rings. The Balaban J connectivity index is 2.67. The zero-order valence-electron chi connectivity index (χ0n) is 10.7. The highest BCUT2D eigenvalue weighted by Gasteiger charge is 2.12. The average molecular weight is 316 g/mol. The van der Waals surface area contributed by atoms with Crippen molar-refractivity contribution in [2.45, 2.75) is 20.4 Å². The van der Waals surface area contributed by atoms with Crippen molar-refractivity contribution in [2.24, 2.45) is 11.7 Å². The molecule has 0 aliphatic carbocycles. The number of nitrogens with two attached hydrogens (primary N) is 1. The SMILES string of the molecule is CCN(Cc1ccc(F)c(Br)c1)CC(C)C(=N)N. The summed E-state index contributed by atoms with van der Waals surface area (Å²) in [5, 5.41) is 7.40. The minimum Gasteiger partial charge on any atom is -0.387 e. The van der Waals surface area contributed by atoms with E-state index < -0.39 is 0 Å². The summed E-state index contributed by atoms with van der Waals surface area (Å²) in [5.74, 6) is -0.0125. The van der Waals surface area contributed by atoms with E-state index >= 15 is 0 Å². The van der Waals surface area contributed by atoms with E-state index in [1.165, 1.54) is 6.07 Å². The standard InChI is InChI=1S/C13H19BrFN3/c1-3-18(7-9(2)13(16)17)8-10-4-5-12(15)11(14)6-10/h4-6,9H,3,7-8H2,1-2H3,(H3,16,17). The summed E-state index contributed by atoms with van der Waals surface area (Å²) in [6.07, 6.45) is 0. The van der Waals surface area contributed by atoms with E-state index in [1.807, 2.05) is 6.92 Å². The predicted octanol–water partition coefficient (Wildman–Crippen LogP) is 2.98. The van der Waals surface area contributed by atoms with E-state index in [0.29, 0.717) is 4.47 Å². The van der Waals surface area contributed by atoms with Crippen LogP contribution in [-0.4, -0.2) is 23.8 Å². The summed E-state index contributed by atoms with van der Waals surface area (Å²) in [6, 6.07) is 5.03. The lowest BCUT2D eigenvalue weighted by Crippen LogP contribution is -2.34. The van der Waals surface area contributed by atoms with Crippen molar-refractivity contribution in [2.75, 3.05) is 13.1 Å². The van der Waals surface area contributed by atoms with Crippen LogP contribution >= 0.6 is 15.9 Å². The molecule has 18 heavy (non-hydrogen) atoms. The molecule has 1 rings (SSSR count). The number of hydrogen-bond donors (Lipinski definition) is 2. The molecule has 1 aromatic rings. The van der Waals surface area contributed by atoms with Gasteiger partial charge >= 0.3 is 0 Å². The van der Waals surface area contributed by atoms with Gasteiger partial charge in [-0.3, -0.25) is 10.3 Å². The molecule has 3 N–H and O–H groups in total. The third-order valence-corrected chi connectivity index (χ3v) is 3.51. The fourth-order valence-electron chi connectivity index (χ4n) is 1.69. The minimum atomic E-state index is -0.251. The third kappa shape index (κ3) is 4.38. The summed E-state index contributed by atoms with van der Waals surface area (Å²) in [7, 11) is 0. The van der Waals surface area contributed by atoms with Gasteiger partial charge in [-0.05, 0) is 40.2 Å². The Kier molecular flexibility index (Phi) is 5.75. The number of hydrogen-bond acceptors (Lipinski definition) is 2. The minimum absolute atomic E-state index is 0.0360. The summed E-state index contributed by atoms with van der Waals surface area (Å²) >= 11 is 3.18. The summed E-state index contributed by atoms with van der Waals surface area (Å²) in [4.78, 5) is 2.19. The van der Waals surface area contributed by atoms with Crippen LogP contribution < -0.4 is 5.73 Å². The van der Waals surface area contributed by atoms with E-state index in [0.717, 1.165) is 25.2 Å². The van der Waals surface area contributed by atoms with Gasteiger partial charge in [0.05, 0.1) is 10.3 Å². The van der Waals surface area contributed by atoms with Gasteiger partial charge in [-0.2, -0.15) is 0 Å². The molecule has 0 bridgehead atoms. The van der Waals surface area contributed by atoms with Crippen LogP contribution in [0, 0.1) is 17.1 Å². The first-order valence-corrected chi connectivity index (χ1v) is 6.73. The molecule has 0 amide bonds. The summed E-state index contributed by atoms with van der Waals surface area (Å²) < 4.78 is 13.6. The van der Waals surface area contributed by atoms with E-state index in [2.05, 4.69) is 27.8 Å². The molecule has 0 spiro atoms. The molecule has 0 heterocycles. The first kappa shape index (κ1) is 15.1. The van der Waals surface area contributed by atoms with Gasteiger partial charge in [0, 0.05) is 19.0 Å². The molecule has 1 unspecified atom stereocenters. The Hall–Kier alpha value is -0.940. The van der Waals surface area contributed by atoms with Crippen LogP contribution in [0.2, 0.25) is 0 Å². The molecular weight excluding hydrogens is 297 g/mol. The maximum Gasteiger partial charge on any atom is 0.137 e. The van der Waals surface area contributed by atoms with Crippen molar-refractivity contribution in [1.29, 1.82) is 5.41 Å². The van der Waals surface area contributed by atoms with Crippen LogP contribution in [0.15, 0.2) is 22.7 Å². The van der Waals surface area contributed by atoms with Crippen LogP contribution in [0.5, 0.6) is 0 Å². The van der Waals surface area contributed by atoms with E-state index in [1.54, 1.807) is 12.1 Å². The van der Waals surface area contributed by atoms with Crippen molar-refractivity contribution < 1.29 is 4.39 Å². The van der Waals surface area contributed by atoms with Gasteiger partial charge in [0.25, 0.3) is 0 Å². The van der Waals surface area contributed by atoms with Crippen molar-refractivity contribution in [1.82, 2.24) is 4.90 Å². The van der Waals surface area contributed by atoms with Crippen LogP contribution in [0.25, 0.3) is 0 Å². The molecule has 0 saturated carbocycles. The molecule has 1 aromatic carbocycles. The van der Waals surface area contributed by atoms with Gasteiger partial charge in [-0.1, -0.05) is 19.9 Å². The number of amidine groups is 1. The number of rotatable bonds is 6. The number of nitrogens with one attached hydrogen (secondary N) is 1. The van der Waals surface area contributed by atoms with Crippen LogP contribution in [0.1, 0.15) is 19.4 Å². The average Bonchev–Trinajstić information content (AvgIpc) is 2.32. The smallest absolute Gasteiger partial charge is 0.137 e. The first-order valence-electron chi connectivity index (χ1n) is 5.94. The Morgan fingerprint density at radius 2 is 2.22 bits per heavy atom. The molecule has 0 saturated heterocycles. The number of nitrogens with zero attached hydrogens (tertiary/aromatic N) is 1. The van der Waals surface area contributed by atoms with Gasteiger partial charge in [0.2, 0.25) is 0 Å². The topological polar surface area (TPSA) is 53.1 Å². The molecule has 1 atom stereocenters. The highest BCUT2D eigenvalue weighted by molar-refractivity contribution is 9.10. The second-order valence-corrected chi connectivity index (χ2v) is 5.29. The quantitative estimate of drug-likeness (QED) is 0.626. The Labute approximate surface area is 116 Å². The molecule has 0 radical (unpaired) electrons. The molecule has 100 valence electrons. The van der Waals surface area contributed by atoms with Gasteiger partial charge in [-0.25, -0.2) is 4.39 Å². The van der Waals surface area contributed by atoms with E-state index in [4.69, 9.17) is 11.1 Å². The van der Waals surface area contributed by atoms with E-state index in [9.17, 15) is 4.39 Å². The van der Waals surface area contributed by atoms with Crippen molar-refractivity contribution in [3.8, 4) is 0 Å². The van der Waals surface area contributed by atoms with Crippen molar-refractivity contribution in [3.63, 3.8) is 0 Å². The molecule has 0 aromatic heterocycles. The zero-order chi connectivity index (χ0) is 13.7. The largest absolute Gasteiger partial charge is 0.387 e. The van der Waals surface area contributed by atoms with E-state index in [-0.39, 0.29) is 17.6 Å². The summed E-state index contributed by atoms with van der Waals surface area (Å²) in [6.45, 7) is 6.33. The maximum absolute atomic E-state index is 13.1. The molecule has 0 fully saturated rings. The highest BCUT2D eigenvalue weighted by Crippen LogP contribution is 2.18. The summed E-state index contributed by atoms with van der Waals surface area (Å²) in [5.41, 5.74) is 6.52. The van der Waals surface area contributed by atoms with Crippen molar-refractivity contribution in [3.05, 3.63) is 34.1 Å². The molecular formula is C13H19BrFN3. The second kappa shape index (κ2) is 6.85. The third-order valence-electron chi connectivity index (χ3n) is 2.90. The van der Waals surface area contributed by atoms with Gasteiger partial charge in [-0.15, -0.1) is 0 Å². The lowest BCUT2D eigenvalue weighted by atomic mass is 10.1. The monoisotopic (exact) mass is 315 g/mol. The van der Waals surface area contributed by atoms with Crippen LogP contribution in [-0.2, 0) is 6.54 Å². The Morgan fingerprint density at radius 1 is 1.56 bits per heavy atom. The number of halogens is 2. The lowest BCUT2D eigenvalue weighted by molar-refractivity contribution is 0.263. The van der Waals surface area contributed by atoms with Crippen LogP contribution in [0.4, 0.5) is 4.39 Å². The van der Waals surface area contributed by atoms with Gasteiger partial charge in [0.1, 0.15) is 5.82 Å². The highest BCUT2D eigenvalue weighted by atomic mass is 79.9. The van der Waals surface area contributed by atoms with Gasteiger partial charge in [0.15, 0.2) is 0 Å². The zero-order valence-corrected chi connectivity index (χ0v) is 12.3. The Morgan fingerprint density at radius 3 is 2.72 bits per heavy atom. The normalized spacial score (nSPS) is 12.7. The lowest BCUT2D eigenvalue weighted by Gasteiger charge is -2.23. The van der Waals surface area contributed by atoms with Crippen LogP contribution in [0.3, 0.4) is 0 Å². The Bertz CT molecular complexity index is 423. The first-order chi connectivity index (χ1) is 8.43. The fourth-order valence-corrected chi connectivity index (χ4v) is 2.11. The fraction of sp³-hybridized carbons (Fsp3) is 0.462.